The molecule has 0 aliphatic carbocycles. The van der Waals surface area contributed by atoms with Crippen LogP contribution in [-0.2, 0) is 6.42 Å². The van der Waals surface area contributed by atoms with Crippen LogP contribution in [0.15, 0.2) is 24.3 Å². The molecule has 0 saturated carbocycles. The summed E-state index contributed by atoms with van der Waals surface area (Å²) in [5.41, 5.74) is 1.37. The van der Waals surface area contributed by atoms with Crippen molar-refractivity contribution < 1.29 is 9.90 Å². The Kier molecular flexibility index (Phi) is 4.66. The highest BCUT2D eigenvalue weighted by Gasteiger charge is 2.20. The molecule has 3 nitrogen and oxygen atoms in total. The van der Waals surface area contributed by atoms with Crippen LogP contribution in [-0.4, -0.2) is 47.1 Å². The average molecular weight is 265 g/mol. The van der Waals surface area contributed by atoms with E-state index in [0.29, 0.717) is 11.6 Å². The Labute approximate surface area is 112 Å². The molecule has 0 spiro atoms. The summed E-state index contributed by atoms with van der Waals surface area (Å²) in [5, 5.41) is 9.13. The van der Waals surface area contributed by atoms with Crippen molar-refractivity contribution in [3.63, 3.8) is 0 Å². The van der Waals surface area contributed by atoms with E-state index >= 15 is 0 Å². The highest BCUT2D eigenvalue weighted by atomic mass is 32.2. The fourth-order valence-corrected chi connectivity index (χ4v) is 3.59. The first kappa shape index (κ1) is 13.4. The summed E-state index contributed by atoms with van der Waals surface area (Å²) in [6.07, 6.45) is 2.06. The monoisotopic (exact) mass is 265 g/mol. The highest BCUT2D eigenvalue weighted by molar-refractivity contribution is 7.99. The fourth-order valence-electron chi connectivity index (χ4n) is 2.30. The van der Waals surface area contributed by atoms with E-state index in [2.05, 4.69) is 11.9 Å². The van der Waals surface area contributed by atoms with Crippen molar-refractivity contribution in [2.24, 2.45) is 0 Å². The van der Waals surface area contributed by atoms with Gasteiger partial charge in [0.05, 0.1) is 5.56 Å². The molecule has 0 aromatic heterocycles. The molecule has 2 rings (SSSR count). The summed E-state index contributed by atoms with van der Waals surface area (Å²) in [6, 6.07) is 7.95. The lowest BCUT2D eigenvalue weighted by atomic mass is 10.0. The van der Waals surface area contributed by atoms with Gasteiger partial charge in [-0.15, -0.1) is 0 Å². The van der Waals surface area contributed by atoms with Gasteiger partial charge in [0.2, 0.25) is 0 Å². The Morgan fingerprint density at radius 1 is 1.50 bits per heavy atom. The fraction of sp³-hybridized carbons (Fsp3) is 0.500. The van der Waals surface area contributed by atoms with Crippen molar-refractivity contribution in [1.82, 2.24) is 4.90 Å². The molecule has 1 atom stereocenters. The second-order valence-electron chi connectivity index (χ2n) is 4.71. The van der Waals surface area contributed by atoms with Crippen molar-refractivity contribution in [2.75, 3.05) is 25.1 Å². The lowest BCUT2D eigenvalue weighted by Gasteiger charge is -2.23. The largest absolute Gasteiger partial charge is 0.478 e. The Morgan fingerprint density at radius 3 is 2.94 bits per heavy atom. The van der Waals surface area contributed by atoms with E-state index in [4.69, 9.17) is 5.11 Å². The number of carbonyl (C=O) groups is 1. The third kappa shape index (κ3) is 3.27. The quantitative estimate of drug-likeness (QED) is 0.887. The molecule has 1 aliphatic rings. The highest BCUT2D eigenvalue weighted by Crippen LogP contribution is 2.21. The van der Waals surface area contributed by atoms with Crippen LogP contribution in [0.2, 0.25) is 0 Å². The molecule has 1 aromatic rings. The van der Waals surface area contributed by atoms with Crippen LogP contribution < -0.4 is 0 Å². The van der Waals surface area contributed by atoms with Crippen LogP contribution in [0.5, 0.6) is 0 Å². The smallest absolute Gasteiger partial charge is 0.335 e. The summed E-state index contributed by atoms with van der Waals surface area (Å²) >= 11 is 2.00. The first-order valence-electron chi connectivity index (χ1n) is 6.27. The second-order valence-corrected chi connectivity index (χ2v) is 5.86. The third-order valence-corrected chi connectivity index (χ3v) is 4.66. The topological polar surface area (TPSA) is 40.5 Å². The van der Waals surface area contributed by atoms with Gasteiger partial charge in [0.1, 0.15) is 0 Å². The molecule has 0 amide bonds. The van der Waals surface area contributed by atoms with E-state index < -0.39 is 5.97 Å². The number of carboxylic acids is 1. The zero-order chi connectivity index (χ0) is 13.0. The predicted octanol–water partition coefficient (Wildman–Crippen LogP) is 2.36. The van der Waals surface area contributed by atoms with Crippen molar-refractivity contribution in [2.45, 2.75) is 18.9 Å². The standard InChI is InChI=1S/C14H19NO2S/c1-15(12-7-9-18-10-12)8-6-11-4-2-3-5-13(11)14(16)17/h2-5,12H,6-10H2,1H3,(H,16,17). The van der Waals surface area contributed by atoms with E-state index in [1.54, 1.807) is 12.1 Å². The predicted molar refractivity (Wildman–Crippen MR) is 75.5 cm³/mol. The van der Waals surface area contributed by atoms with Crippen LogP contribution in [0.25, 0.3) is 0 Å². The van der Waals surface area contributed by atoms with E-state index in [9.17, 15) is 4.79 Å². The Morgan fingerprint density at radius 2 is 2.28 bits per heavy atom. The number of hydrogen-bond donors (Lipinski definition) is 1. The first-order valence-corrected chi connectivity index (χ1v) is 7.43. The molecular weight excluding hydrogens is 246 g/mol. The van der Waals surface area contributed by atoms with Crippen LogP contribution in [0, 0.1) is 0 Å². The van der Waals surface area contributed by atoms with Crippen molar-refractivity contribution in [3.8, 4) is 0 Å². The van der Waals surface area contributed by atoms with Gasteiger partial charge in [-0.3, -0.25) is 0 Å². The second kappa shape index (κ2) is 6.25. The van der Waals surface area contributed by atoms with Gasteiger partial charge < -0.3 is 10.0 Å². The van der Waals surface area contributed by atoms with Crippen molar-refractivity contribution in [3.05, 3.63) is 35.4 Å². The maximum absolute atomic E-state index is 11.1. The molecule has 18 heavy (non-hydrogen) atoms. The molecule has 98 valence electrons. The number of rotatable bonds is 5. The van der Waals surface area contributed by atoms with E-state index in [-0.39, 0.29) is 0 Å². The van der Waals surface area contributed by atoms with Crippen LogP contribution in [0.3, 0.4) is 0 Å². The lowest BCUT2D eigenvalue weighted by Crippen LogP contribution is -2.33. The minimum absolute atomic E-state index is 0.437. The summed E-state index contributed by atoms with van der Waals surface area (Å²) in [7, 11) is 2.14. The molecule has 1 aromatic carbocycles. The molecule has 0 bridgehead atoms. The number of nitrogens with zero attached hydrogens (tertiary/aromatic N) is 1. The van der Waals surface area contributed by atoms with Crippen LogP contribution >= 0.6 is 11.8 Å². The number of thioether (sulfide) groups is 1. The van der Waals surface area contributed by atoms with E-state index in [1.165, 1.54) is 17.9 Å². The summed E-state index contributed by atoms with van der Waals surface area (Å²) < 4.78 is 0. The van der Waals surface area contributed by atoms with Gasteiger partial charge in [0, 0.05) is 18.3 Å². The molecular formula is C14H19NO2S. The SMILES string of the molecule is CN(CCc1ccccc1C(=O)O)C1CCSC1. The average Bonchev–Trinajstić information content (AvgIpc) is 2.90. The van der Waals surface area contributed by atoms with Gasteiger partial charge in [-0.25, -0.2) is 4.79 Å². The Balaban J connectivity index is 1.95. The number of benzene rings is 1. The van der Waals surface area contributed by atoms with Crippen LogP contribution in [0.4, 0.5) is 0 Å². The summed E-state index contributed by atoms with van der Waals surface area (Å²) in [5.74, 6) is 1.63. The zero-order valence-electron chi connectivity index (χ0n) is 10.6. The maximum Gasteiger partial charge on any atom is 0.335 e. The van der Waals surface area contributed by atoms with E-state index in [1.807, 2.05) is 23.9 Å². The first-order chi connectivity index (χ1) is 8.68. The van der Waals surface area contributed by atoms with Gasteiger partial charge in [0.25, 0.3) is 0 Å². The third-order valence-electron chi connectivity index (χ3n) is 3.51. The molecule has 1 N–H and O–H groups in total. The molecule has 1 fully saturated rings. The molecule has 1 heterocycles. The number of aromatic carboxylic acids is 1. The summed E-state index contributed by atoms with van der Waals surface area (Å²) in [6.45, 7) is 0.926. The van der Waals surface area contributed by atoms with Gasteiger partial charge in [-0.1, -0.05) is 18.2 Å². The number of hydrogen-bond acceptors (Lipinski definition) is 3. The molecule has 1 saturated heterocycles. The molecule has 4 heteroatoms. The minimum atomic E-state index is -0.829. The normalized spacial score (nSPS) is 19.3. The number of likely N-dealkylation sites (N-methyl/N-ethyl adjacent to an activating group) is 1. The zero-order valence-corrected chi connectivity index (χ0v) is 11.4. The van der Waals surface area contributed by atoms with Crippen molar-refractivity contribution in [1.29, 1.82) is 0 Å². The van der Waals surface area contributed by atoms with Gasteiger partial charge in [-0.05, 0) is 37.3 Å². The number of carboxylic acid groups (broad SMARTS) is 1. The maximum atomic E-state index is 11.1. The Bertz CT molecular complexity index is 416. The van der Waals surface area contributed by atoms with E-state index in [0.717, 1.165) is 18.5 Å². The summed E-state index contributed by atoms with van der Waals surface area (Å²) in [4.78, 5) is 13.5. The molecule has 0 radical (unpaired) electrons. The van der Waals surface area contributed by atoms with Gasteiger partial charge in [0.15, 0.2) is 0 Å². The van der Waals surface area contributed by atoms with Crippen molar-refractivity contribution >= 4 is 17.7 Å². The Hall–Kier alpha value is -1.00. The lowest BCUT2D eigenvalue weighted by molar-refractivity contribution is 0.0695. The minimum Gasteiger partial charge on any atom is -0.478 e. The van der Waals surface area contributed by atoms with Gasteiger partial charge >= 0.3 is 5.97 Å². The van der Waals surface area contributed by atoms with Gasteiger partial charge in [-0.2, -0.15) is 11.8 Å². The molecule has 1 aliphatic heterocycles. The molecule has 1 unspecified atom stereocenters. The van der Waals surface area contributed by atoms with Crippen LogP contribution in [0.1, 0.15) is 22.3 Å².